The Labute approximate surface area is 145 Å². The number of carbonyl (C=O) groups is 2. The Morgan fingerprint density at radius 1 is 1.29 bits per heavy atom. The number of ether oxygens (including phenoxy) is 1. The number of carbonyl (C=O) groups excluding carboxylic acids is 2. The van der Waals surface area contributed by atoms with E-state index >= 15 is 0 Å². The van der Waals surface area contributed by atoms with Gasteiger partial charge in [-0.15, -0.1) is 0 Å². The Balaban J connectivity index is 2.00. The summed E-state index contributed by atoms with van der Waals surface area (Å²) in [6.07, 6.45) is 0. The molecule has 0 aromatic heterocycles. The number of nitrogens with one attached hydrogen (secondary N) is 1. The van der Waals surface area contributed by atoms with E-state index in [1.807, 2.05) is 24.3 Å². The van der Waals surface area contributed by atoms with E-state index in [0.717, 1.165) is 11.3 Å². The summed E-state index contributed by atoms with van der Waals surface area (Å²) in [5.41, 5.74) is 2.34. The number of para-hydroxylation sites is 1. The van der Waals surface area contributed by atoms with Crippen molar-refractivity contribution in [1.82, 2.24) is 5.32 Å². The zero-order chi connectivity index (χ0) is 17.3. The van der Waals surface area contributed by atoms with Crippen LogP contribution in [0.1, 0.15) is 24.1 Å². The summed E-state index contributed by atoms with van der Waals surface area (Å²) >= 11 is 6.07. The molecule has 1 unspecified atom stereocenters. The number of fused-ring (bicyclic) bond motifs is 1. The minimum absolute atomic E-state index is 0.187. The van der Waals surface area contributed by atoms with E-state index in [9.17, 15) is 9.59 Å². The van der Waals surface area contributed by atoms with Gasteiger partial charge in [0.25, 0.3) is 5.91 Å². The minimum Gasteiger partial charge on any atom is -0.496 e. The smallest absolute Gasteiger partial charge is 0.254 e. The highest BCUT2D eigenvalue weighted by molar-refractivity contribution is 6.31. The maximum Gasteiger partial charge on any atom is 0.254 e. The summed E-state index contributed by atoms with van der Waals surface area (Å²) in [5.74, 6) is 0.260. The van der Waals surface area contributed by atoms with Crippen LogP contribution in [0.15, 0.2) is 42.5 Å². The maximum atomic E-state index is 12.8. The van der Waals surface area contributed by atoms with E-state index in [0.29, 0.717) is 22.9 Å². The molecule has 2 amide bonds. The largest absolute Gasteiger partial charge is 0.496 e. The van der Waals surface area contributed by atoms with Crippen LogP contribution in [0.3, 0.4) is 0 Å². The van der Waals surface area contributed by atoms with Crippen molar-refractivity contribution in [1.29, 1.82) is 0 Å². The van der Waals surface area contributed by atoms with Crippen LogP contribution < -0.4 is 15.0 Å². The lowest BCUT2D eigenvalue weighted by atomic mass is 10.1. The van der Waals surface area contributed by atoms with Crippen LogP contribution in [0.5, 0.6) is 5.75 Å². The Morgan fingerprint density at radius 3 is 2.75 bits per heavy atom. The first-order valence-corrected chi connectivity index (χ1v) is 7.89. The monoisotopic (exact) mass is 344 g/mol. The third-order valence-electron chi connectivity index (χ3n) is 3.97. The topological polar surface area (TPSA) is 58.6 Å². The van der Waals surface area contributed by atoms with Crippen LogP contribution in [0.4, 0.5) is 5.69 Å². The van der Waals surface area contributed by atoms with Gasteiger partial charge >= 0.3 is 0 Å². The molecule has 0 fully saturated rings. The predicted octanol–water partition coefficient (Wildman–Crippen LogP) is 3.07. The molecule has 1 aliphatic heterocycles. The molecule has 124 valence electrons. The molecule has 0 spiro atoms. The molecular formula is C18H17ClN2O3. The summed E-state index contributed by atoms with van der Waals surface area (Å²) < 4.78 is 5.36. The van der Waals surface area contributed by atoms with Crippen molar-refractivity contribution in [3.05, 3.63) is 58.6 Å². The molecular weight excluding hydrogens is 328 g/mol. The number of rotatable bonds is 4. The molecule has 24 heavy (non-hydrogen) atoms. The van der Waals surface area contributed by atoms with Crippen molar-refractivity contribution in [3.8, 4) is 5.75 Å². The molecule has 3 rings (SSSR count). The second kappa shape index (κ2) is 6.53. The standard InChI is InChI=1S/C18H17ClN2O3/c1-11(22)20-17-14-9-13(19)7-8-15(14)21(18(17)23)10-12-5-3-4-6-16(12)24-2/h3-9,17H,10H2,1-2H3,(H,20,22). The summed E-state index contributed by atoms with van der Waals surface area (Å²) in [5, 5.41) is 3.22. The molecule has 1 heterocycles. The lowest BCUT2D eigenvalue weighted by molar-refractivity contribution is -0.126. The highest BCUT2D eigenvalue weighted by Gasteiger charge is 2.38. The Bertz CT molecular complexity index is 807. The van der Waals surface area contributed by atoms with Crippen molar-refractivity contribution in [2.45, 2.75) is 19.5 Å². The predicted molar refractivity (Wildman–Crippen MR) is 92.2 cm³/mol. The van der Waals surface area contributed by atoms with Gasteiger partial charge in [-0.05, 0) is 24.3 Å². The number of halogens is 1. The molecule has 0 saturated carbocycles. The van der Waals surface area contributed by atoms with Crippen molar-refractivity contribution in [3.63, 3.8) is 0 Å². The van der Waals surface area contributed by atoms with Crippen molar-refractivity contribution in [2.24, 2.45) is 0 Å². The van der Waals surface area contributed by atoms with Crippen LogP contribution in [0.2, 0.25) is 5.02 Å². The van der Waals surface area contributed by atoms with E-state index < -0.39 is 6.04 Å². The van der Waals surface area contributed by atoms with Gasteiger partial charge in [0.05, 0.1) is 13.7 Å². The van der Waals surface area contributed by atoms with E-state index in [1.165, 1.54) is 6.92 Å². The summed E-state index contributed by atoms with van der Waals surface area (Å²) in [6, 6.07) is 12.1. The number of amides is 2. The van der Waals surface area contributed by atoms with Gasteiger partial charge in [0.1, 0.15) is 11.8 Å². The molecule has 1 atom stereocenters. The molecule has 6 heteroatoms. The van der Waals surface area contributed by atoms with Crippen LogP contribution >= 0.6 is 11.6 Å². The average Bonchev–Trinajstić information content (AvgIpc) is 2.80. The fourth-order valence-corrected chi connectivity index (χ4v) is 3.10. The number of methoxy groups -OCH3 is 1. The van der Waals surface area contributed by atoms with Gasteiger partial charge in [0.15, 0.2) is 0 Å². The molecule has 0 saturated heterocycles. The summed E-state index contributed by atoms with van der Waals surface area (Å²) in [6.45, 7) is 1.74. The summed E-state index contributed by atoms with van der Waals surface area (Å²) in [7, 11) is 1.60. The van der Waals surface area contributed by atoms with E-state index in [2.05, 4.69) is 5.32 Å². The molecule has 2 aromatic rings. The number of anilines is 1. The third kappa shape index (κ3) is 2.95. The van der Waals surface area contributed by atoms with Gasteiger partial charge in [-0.3, -0.25) is 9.59 Å². The van der Waals surface area contributed by atoms with Gasteiger partial charge in [0.2, 0.25) is 5.91 Å². The Morgan fingerprint density at radius 2 is 2.04 bits per heavy atom. The van der Waals surface area contributed by atoms with Crippen molar-refractivity contribution in [2.75, 3.05) is 12.0 Å². The number of benzene rings is 2. The molecule has 1 aliphatic rings. The maximum absolute atomic E-state index is 12.8. The highest BCUT2D eigenvalue weighted by Crippen LogP contribution is 2.39. The molecule has 5 nitrogen and oxygen atoms in total. The van der Waals surface area contributed by atoms with E-state index in [-0.39, 0.29) is 11.8 Å². The second-order valence-corrected chi connectivity index (χ2v) is 6.01. The Kier molecular flexibility index (Phi) is 4.44. The average molecular weight is 345 g/mol. The molecule has 0 bridgehead atoms. The van der Waals surface area contributed by atoms with Gasteiger partial charge in [-0.2, -0.15) is 0 Å². The zero-order valence-corrected chi connectivity index (χ0v) is 14.1. The van der Waals surface area contributed by atoms with Crippen LogP contribution in [0, 0.1) is 0 Å². The normalized spacial score (nSPS) is 16.0. The first-order valence-electron chi connectivity index (χ1n) is 7.51. The zero-order valence-electron chi connectivity index (χ0n) is 13.4. The first-order chi connectivity index (χ1) is 11.5. The molecule has 1 N–H and O–H groups in total. The molecule has 0 radical (unpaired) electrons. The van der Waals surface area contributed by atoms with E-state index in [1.54, 1.807) is 30.2 Å². The second-order valence-electron chi connectivity index (χ2n) is 5.57. The van der Waals surface area contributed by atoms with Crippen molar-refractivity contribution < 1.29 is 14.3 Å². The van der Waals surface area contributed by atoms with Crippen LogP contribution in [0.25, 0.3) is 0 Å². The third-order valence-corrected chi connectivity index (χ3v) is 4.21. The highest BCUT2D eigenvalue weighted by atomic mass is 35.5. The number of hydrogen-bond donors (Lipinski definition) is 1. The van der Waals surface area contributed by atoms with Crippen LogP contribution in [-0.4, -0.2) is 18.9 Å². The van der Waals surface area contributed by atoms with Gasteiger partial charge in [0, 0.05) is 28.8 Å². The van der Waals surface area contributed by atoms with Gasteiger partial charge in [-0.1, -0.05) is 29.8 Å². The van der Waals surface area contributed by atoms with Gasteiger partial charge in [-0.25, -0.2) is 0 Å². The van der Waals surface area contributed by atoms with Crippen molar-refractivity contribution >= 4 is 29.1 Å². The Hall–Kier alpha value is -2.53. The lowest BCUT2D eigenvalue weighted by Crippen LogP contribution is -2.36. The van der Waals surface area contributed by atoms with Gasteiger partial charge < -0.3 is 15.0 Å². The number of hydrogen-bond acceptors (Lipinski definition) is 3. The lowest BCUT2D eigenvalue weighted by Gasteiger charge is -2.19. The SMILES string of the molecule is COc1ccccc1CN1C(=O)C(NC(C)=O)c2cc(Cl)ccc21. The minimum atomic E-state index is -0.717. The number of nitrogens with zero attached hydrogens (tertiary/aromatic N) is 1. The fourth-order valence-electron chi connectivity index (χ4n) is 2.92. The fraction of sp³-hybridized carbons (Fsp3) is 0.222. The summed E-state index contributed by atoms with van der Waals surface area (Å²) in [4.78, 5) is 26.0. The van der Waals surface area contributed by atoms with Crippen LogP contribution in [-0.2, 0) is 16.1 Å². The molecule has 0 aliphatic carbocycles. The molecule has 2 aromatic carbocycles. The first kappa shape index (κ1) is 16.3. The quantitative estimate of drug-likeness (QED) is 0.927. The van der Waals surface area contributed by atoms with E-state index in [4.69, 9.17) is 16.3 Å².